The Hall–Kier alpha value is 0.130. The molecule has 0 aromatic heterocycles. The van der Waals surface area contributed by atoms with Crippen LogP contribution < -0.4 is 0 Å². The summed E-state index contributed by atoms with van der Waals surface area (Å²) < 4.78 is 9.87. The standard InChI is InChI=1S/C3H5ClOP/c1-2-3-6(4)5/h2-3H,1H3/q+1. The van der Waals surface area contributed by atoms with Crippen molar-refractivity contribution >= 4 is 18.4 Å². The van der Waals surface area contributed by atoms with Crippen molar-refractivity contribution in [3.8, 4) is 0 Å². The molecule has 1 unspecified atom stereocenters. The van der Waals surface area contributed by atoms with E-state index in [1.807, 2.05) is 0 Å². The topological polar surface area (TPSA) is 17.1 Å². The van der Waals surface area contributed by atoms with Gasteiger partial charge in [0.05, 0.1) is 0 Å². The van der Waals surface area contributed by atoms with E-state index in [-0.39, 0.29) is 0 Å². The third-order valence-corrected chi connectivity index (χ3v) is 1.14. The normalized spacial score (nSPS) is 12.7. The summed E-state index contributed by atoms with van der Waals surface area (Å²) in [6, 6.07) is 0. The minimum Gasteiger partial charge on any atom is -0.0456 e. The second-order valence-corrected chi connectivity index (χ2v) is 2.60. The maximum atomic E-state index is 9.87. The van der Waals surface area contributed by atoms with Gasteiger partial charge in [0.15, 0.2) is 5.82 Å². The number of allylic oxidation sites excluding steroid dienone is 1. The highest BCUT2D eigenvalue weighted by Gasteiger charge is 1.98. The van der Waals surface area contributed by atoms with Crippen molar-refractivity contribution in [2.24, 2.45) is 0 Å². The van der Waals surface area contributed by atoms with Crippen LogP contribution in [0, 0.1) is 0 Å². The molecule has 0 aliphatic carbocycles. The first-order valence-electron chi connectivity index (χ1n) is 1.52. The van der Waals surface area contributed by atoms with Gasteiger partial charge in [-0.05, 0) is 17.6 Å². The van der Waals surface area contributed by atoms with Crippen LogP contribution in [-0.2, 0) is 4.57 Å². The van der Waals surface area contributed by atoms with Crippen LogP contribution in [0.2, 0.25) is 0 Å². The van der Waals surface area contributed by atoms with E-state index in [9.17, 15) is 4.57 Å². The average molecular weight is 123 g/mol. The number of hydrogen-bond donors (Lipinski definition) is 0. The zero-order valence-corrected chi connectivity index (χ0v) is 5.04. The first kappa shape index (κ1) is 6.13. The van der Waals surface area contributed by atoms with E-state index in [4.69, 9.17) is 11.2 Å². The number of hydrogen-bond acceptors (Lipinski definition) is 1. The summed E-state index contributed by atoms with van der Waals surface area (Å²) in [7, 11) is -1.56. The number of rotatable bonds is 1. The summed E-state index contributed by atoms with van der Waals surface area (Å²) in [5, 5.41) is 0. The lowest BCUT2D eigenvalue weighted by Gasteiger charge is -1.48. The van der Waals surface area contributed by atoms with Gasteiger partial charge in [0.25, 0.3) is 0 Å². The van der Waals surface area contributed by atoms with Crippen LogP contribution in [0.4, 0.5) is 0 Å². The van der Waals surface area contributed by atoms with E-state index in [1.165, 1.54) is 5.82 Å². The first-order chi connectivity index (χ1) is 2.77. The minimum absolute atomic E-state index is 1.44. The van der Waals surface area contributed by atoms with Crippen molar-refractivity contribution in [1.29, 1.82) is 0 Å². The van der Waals surface area contributed by atoms with E-state index >= 15 is 0 Å². The van der Waals surface area contributed by atoms with Gasteiger partial charge in [-0.25, -0.2) is 0 Å². The summed E-state index contributed by atoms with van der Waals surface area (Å²) in [6.45, 7) is 1.77. The molecule has 0 saturated heterocycles. The lowest BCUT2D eigenvalue weighted by molar-refractivity contribution is 0.600. The van der Waals surface area contributed by atoms with E-state index in [0.29, 0.717) is 0 Å². The van der Waals surface area contributed by atoms with Crippen LogP contribution in [0.15, 0.2) is 11.9 Å². The summed E-state index contributed by atoms with van der Waals surface area (Å²) in [6.07, 6.45) is 1.66. The molecular weight excluding hydrogens is 118 g/mol. The highest BCUT2D eigenvalue weighted by molar-refractivity contribution is 7.76. The van der Waals surface area contributed by atoms with Crippen molar-refractivity contribution in [3.63, 3.8) is 0 Å². The Morgan fingerprint density at radius 2 is 2.33 bits per heavy atom. The Morgan fingerprint density at radius 3 is 2.33 bits per heavy atom. The molecule has 1 atom stereocenters. The summed E-state index contributed by atoms with van der Waals surface area (Å²) in [5.74, 6) is 1.44. The molecule has 0 rings (SSSR count). The molecular formula is C3H5ClOP+. The second-order valence-electron chi connectivity index (χ2n) is 0.754. The van der Waals surface area contributed by atoms with Gasteiger partial charge >= 0.3 is 7.15 Å². The summed E-state index contributed by atoms with van der Waals surface area (Å²) in [5.41, 5.74) is 0. The molecule has 0 radical (unpaired) electrons. The molecule has 0 aliphatic rings. The smallest absolute Gasteiger partial charge is 0.0456 e. The van der Waals surface area contributed by atoms with E-state index in [2.05, 4.69) is 0 Å². The molecule has 6 heavy (non-hydrogen) atoms. The van der Waals surface area contributed by atoms with Gasteiger partial charge in [-0.1, -0.05) is 0 Å². The molecule has 0 aromatic rings. The van der Waals surface area contributed by atoms with Crippen LogP contribution in [0.25, 0.3) is 0 Å². The molecule has 0 spiro atoms. The van der Waals surface area contributed by atoms with Crippen LogP contribution in [0.1, 0.15) is 6.92 Å². The Kier molecular flexibility index (Phi) is 3.40. The maximum Gasteiger partial charge on any atom is 0.486 e. The van der Waals surface area contributed by atoms with Gasteiger partial charge in [0.1, 0.15) is 0 Å². The molecule has 0 bridgehead atoms. The van der Waals surface area contributed by atoms with Gasteiger partial charge in [-0.2, -0.15) is 0 Å². The van der Waals surface area contributed by atoms with Gasteiger partial charge < -0.3 is 0 Å². The van der Waals surface area contributed by atoms with E-state index in [1.54, 1.807) is 13.0 Å². The van der Waals surface area contributed by atoms with E-state index in [0.717, 1.165) is 0 Å². The molecule has 1 nitrogen and oxygen atoms in total. The van der Waals surface area contributed by atoms with Crippen molar-refractivity contribution in [1.82, 2.24) is 0 Å². The Bertz CT molecular complexity index is 78.9. The summed E-state index contributed by atoms with van der Waals surface area (Å²) >= 11 is 5.00. The van der Waals surface area contributed by atoms with Crippen LogP contribution >= 0.6 is 18.4 Å². The van der Waals surface area contributed by atoms with E-state index < -0.39 is 7.15 Å². The third kappa shape index (κ3) is 4.13. The second kappa shape index (κ2) is 3.32. The van der Waals surface area contributed by atoms with Gasteiger partial charge in [0, 0.05) is 0 Å². The molecule has 0 fully saturated rings. The Labute approximate surface area is 42.6 Å². The van der Waals surface area contributed by atoms with Crippen molar-refractivity contribution in [2.45, 2.75) is 6.92 Å². The molecule has 34 valence electrons. The van der Waals surface area contributed by atoms with Crippen LogP contribution in [0.5, 0.6) is 0 Å². The zero-order chi connectivity index (χ0) is 4.99. The molecule has 0 saturated carbocycles. The average Bonchev–Trinajstić information content (AvgIpc) is 1.35. The predicted octanol–water partition coefficient (Wildman–Crippen LogP) is 2.50. The fraction of sp³-hybridized carbons (Fsp3) is 0.333. The lowest BCUT2D eigenvalue weighted by atomic mass is 10.8. The van der Waals surface area contributed by atoms with Crippen LogP contribution in [0.3, 0.4) is 0 Å². The van der Waals surface area contributed by atoms with Gasteiger partial charge in [-0.15, -0.1) is 0 Å². The molecule has 0 heterocycles. The lowest BCUT2D eigenvalue weighted by Crippen LogP contribution is -1.30. The third-order valence-electron chi connectivity index (χ3n) is 0.266. The molecule has 0 aliphatic heterocycles. The zero-order valence-electron chi connectivity index (χ0n) is 3.39. The SMILES string of the molecule is CC=C[P+](=O)Cl. The van der Waals surface area contributed by atoms with Crippen molar-refractivity contribution in [2.75, 3.05) is 0 Å². The predicted molar refractivity (Wildman–Crippen MR) is 28.3 cm³/mol. The monoisotopic (exact) mass is 123 g/mol. The van der Waals surface area contributed by atoms with Gasteiger partial charge in [-0.3, -0.25) is 0 Å². The fourth-order valence-electron chi connectivity index (χ4n) is 0.117. The molecule has 0 N–H and O–H groups in total. The Balaban J connectivity index is 3.30. The molecule has 0 amide bonds. The largest absolute Gasteiger partial charge is 0.486 e. The molecule has 0 aromatic carbocycles. The maximum absolute atomic E-state index is 9.87. The minimum atomic E-state index is -1.56. The highest BCUT2D eigenvalue weighted by Crippen LogP contribution is 2.26. The highest BCUT2D eigenvalue weighted by atomic mass is 35.7. The van der Waals surface area contributed by atoms with Crippen molar-refractivity contribution in [3.05, 3.63) is 11.9 Å². The fourth-order valence-corrected chi connectivity index (χ4v) is 0.690. The van der Waals surface area contributed by atoms with Crippen molar-refractivity contribution < 1.29 is 4.57 Å². The number of halogens is 1. The van der Waals surface area contributed by atoms with Crippen LogP contribution in [-0.4, -0.2) is 0 Å². The summed E-state index contributed by atoms with van der Waals surface area (Å²) in [4.78, 5) is 0. The van der Waals surface area contributed by atoms with Gasteiger partial charge in [0.2, 0.25) is 11.2 Å². The first-order valence-corrected chi connectivity index (χ1v) is 3.75. The quantitative estimate of drug-likeness (QED) is 0.490. The Morgan fingerprint density at radius 1 is 1.83 bits per heavy atom. The molecule has 3 heteroatoms.